The molecule has 2 rings (SSSR count). The van der Waals surface area contributed by atoms with E-state index in [1.165, 1.54) is 12.7 Å². The number of thiophene rings is 1. The molecule has 0 aliphatic heterocycles. The van der Waals surface area contributed by atoms with Gasteiger partial charge in [-0.25, -0.2) is 4.79 Å². The molecule has 1 aromatic heterocycles. The molecule has 30 heavy (non-hydrogen) atoms. The summed E-state index contributed by atoms with van der Waals surface area (Å²) in [4.78, 5) is 15.9. The first-order valence-electron chi connectivity index (χ1n) is 11.2. The Balaban J connectivity index is 2.49. The fraction of sp³-hybridized carbons (Fsp3) is 0.708. The number of allylic oxidation sites excluding steroid dienone is 2. The average Bonchev–Trinajstić information content (AvgIpc) is 3.16. The van der Waals surface area contributed by atoms with Crippen LogP contribution < -0.4 is 4.90 Å². The van der Waals surface area contributed by atoms with Crippen LogP contribution in [0.15, 0.2) is 12.1 Å². The summed E-state index contributed by atoms with van der Waals surface area (Å²) in [5.41, 5.74) is 1.82. The molecule has 1 unspecified atom stereocenters. The van der Waals surface area contributed by atoms with E-state index in [1.54, 1.807) is 23.1 Å². The third kappa shape index (κ3) is 6.04. The second kappa shape index (κ2) is 12.2. The molecule has 4 nitrogen and oxygen atoms in total. The highest BCUT2D eigenvalue weighted by Crippen LogP contribution is 2.42. The lowest BCUT2D eigenvalue weighted by Crippen LogP contribution is -2.48. The number of esters is 1. The number of methoxy groups -OCH3 is 1. The van der Waals surface area contributed by atoms with Crippen LogP contribution in [0.2, 0.25) is 0 Å². The first kappa shape index (κ1) is 25.3. The van der Waals surface area contributed by atoms with Gasteiger partial charge in [0.2, 0.25) is 0 Å². The molecule has 0 aromatic carbocycles. The number of rotatable bonds is 10. The molecular formula is C24H39NO3S2. The van der Waals surface area contributed by atoms with Gasteiger partial charge in [-0.2, -0.15) is 11.8 Å². The van der Waals surface area contributed by atoms with E-state index in [4.69, 9.17) is 4.74 Å². The van der Waals surface area contributed by atoms with Crippen LogP contribution in [0.4, 0.5) is 5.00 Å². The SMILES string of the molecule is C/C=C(\CCC)c1cc(C(=O)OC)c(N(C(C)CSC)[C@@H](O)C2CCC(C)CC2)s1. The zero-order valence-corrected chi connectivity index (χ0v) is 21.1. The van der Waals surface area contributed by atoms with Crippen molar-refractivity contribution in [2.24, 2.45) is 11.8 Å². The maximum atomic E-state index is 12.7. The van der Waals surface area contributed by atoms with Gasteiger partial charge in [-0.15, -0.1) is 11.3 Å². The second-order valence-corrected chi connectivity index (χ2v) is 10.5. The number of ether oxygens (including phenoxy) is 1. The monoisotopic (exact) mass is 453 g/mol. The molecule has 1 saturated carbocycles. The van der Waals surface area contributed by atoms with Gasteiger partial charge in [0, 0.05) is 22.6 Å². The number of carbonyl (C=O) groups excluding carboxylic acids is 1. The maximum absolute atomic E-state index is 12.7. The molecule has 0 radical (unpaired) electrons. The topological polar surface area (TPSA) is 49.8 Å². The molecule has 0 spiro atoms. The zero-order valence-electron chi connectivity index (χ0n) is 19.4. The van der Waals surface area contributed by atoms with Crippen molar-refractivity contribution in [1.29, 1.82) is 0 Å². The molecule has 0 saturated heterocycles. The highest BCUT2D eigenvalue weighted by molar-refractivity contribution is 7.98. The Morgan fingerprint density at radius 2 is 2.07 bits per heavy atom. The summed E-state index contributed by atoms with van der Waals surface area (Å²) in [5, 5.41) is 12.4. The van der Waals surface area contributed by atoms with Crippen molar-refractivity contribution in [2.75, 3.05) is 24.0 Å². The predicted molar refractivity (Wildman–Crippen MR) is 132 cm³/mol. The van der Waals surface area contributed by atoms with E-state index in [2.05, 4.69) is 38.0 Å². The van der Waals surface area contributed by atoms with Crippen LogP contribution in [0.1, 0.15) is 81.5 Å². The van der Waals surface area contributed by atoms with Crippen LogP contribution in [0, 0.1) is 11.8 Å². The van der Waals surface area contributed by atoms with Gasteiger partial charge in [-0.3, -0.25) is 0 Å². The summed E-state index contributed by atoms with van der Waals surface area (Å²) in [5.74, 6) is 1.53. The summed E-state index contributed by atoms with van der Waals surface area (Å²) >= 11 is 3.39. The molecule has 2 atom stereocenters. The number of aliphatic hydroxyl groups excluding tert-OH is 1. The van der Waals surface area contributed by atoms with Gasteiger partial charge in [-0.05, 0) is 56.9 Å². The minimum absolute atomic E-state index is 0.115. The van der Waals surface area contributed by atoms with Crippen LogP contribution >= 0.6 is 23.1 Å². The Morgan fingerprint density at radius 1 is 1.40 bits per heavy atom. The van der Waals surface area contributed by atoms with E-state index in [0.717, 1.165) is 60.1 Å². The van der Waals surface area contributed by atoms with E-state index in [-0.39, 0.29) is 17.9 Å². The lowest BCUT2D eigenvalue weighted by Gasteiger charge is -2.40. The standard InChI is InChI=1S/C24H39NO3S2/c1-7-9-18(8-2)21-14-20(24(27)28-5)23(30-21)25(17(4)15-29-6)22(26)19-12-10-16(3)11-13-19/h8,14,16-17,19,22,26H,7,9-13,15H2,1-6H3/b18-8+/t16?,17?,19?,22-/m0/s1. The van der Waals surface area contributed by atoms with Crippen molar-refractivity contribution in [3.63, 3.8) is 0 Å². The highest BCUT2D eigenvalue weighted by Gasteiger charge is 2.35. The molecule has 1 aromatic rings. The summed E-state index contributed by atoms with van der Waals surface area (Å²) in [6.07, 6.45) is 10.0. The molecule has 1 aliphatic carbocycles. The normalized spacial score (nSPS) is 21.9. The first-order valence-corrected chi connectivity index (χ1v) is 13.4. The van der Waals surface area contributed by atoms with E-state index in [0.29, 0.717) is 5.56 Å². The van der Waals surface area contributed by atoms with Gasteiger partial charge < -0.3 is 14.7 Å². The first-order chi connectivity index (χ1) is 14.4. The van der Waals surface area contributed by atoms with Crippen molar-refractivity contribution in [3.8, 4) is 0 Å². The van der Waals surface area contributed by atoms with Gasteiger partial charge in [0.1, 0.15) is 11.2 Å². The largest absolute Gasteiger partial charge is 0.465 e. The van der Waals surface area contributed by atoms with Crippen molar-refractivity contribution in [2.45, 2.75) is 78.5 Å². The second-order valence-electron chi connectivity index (χ2n) is 8.53. The maximum Gasteiger partial charge on any atom is 0.340 e. The fourth-order valence-electron chi connectivity index (χ4n) is 4.38. The minimum atomic E-state index is -0.588. The Kier molecular flexibility index (Phi) is 10.2. The van der Waals surface area contributed by atoms with Gasteiger partial charge in [0.05, 0.1) is 12.7 Å². The molecule has 1 N–H and O–H groups in total. The van der Waals surface area contributed by atoms with Crippen molar-refractivity contribution >= 4 is 39.6 Å². The van der Waals surface area contributed by atoms with Gasteiger partial charge >= 0.3 is 5.97 Å². The van der Waals surface area contributed by atoms with Crippen molar-refractivity contribution in [3.05, 3.63) is 22.6 Å². The summed E-state index contributed by atoms with van der Waals surface area (Å²) in [6, 6.07) is 2.08. The molecule has 170 valence electrons. The fourth-order valence-corrected chi connectivity index (χ4v) is 6.41. The van der Waals surface area contributed by atoms with E-state index < -0.39 is 6.23 Å². The van der Waals surface area contributed by atoms with Crippen LogP contribution in [-0.4, -0.2) is 42.5 Å². The summed E-state index contributed by atoms with van der Waals surface area (Å²) in [6.45, 7) is 8.66. The Morgan fingerprint density at radius 3 is 2.60 bits per heavy atom. The third-order valence-corrected chi connectivity index (χ3v) is 8.23. The van der Waals surface area contributed by atoms with Crippen LogP contribution in [-0.2, 0) is 4.74 Å². The van der Waals surface area contributed by atoms with Gasteiger partial charge in [-0.1, -0.05) is 39.2 Å². The van der Waals surface area contributed by atoms with Crippen LogP contribution in [0.3, 0.4) is 0 Å². The number of nitrogens with zero attached hydrogens (tertiary/aromatic N) is 1. The lowest BCUT2D eigenvalue weighted by molar-refractivity contribution is 0.0592. The quantitative estimate of drug-likeness (QED) is 0.326. The van der Waals surface area contributed by atoms with E-state index >= 15 is 0 Å². The number of anilines is 1. The van der Waals surface area contributed by atoms with Crippen molar-refractivity contribution < 1.29 is 14.6 Å². The van der Waals surface area contributed by atoms with Crippen LogP contribution in [0.5, 0.6) is 0 Å². The number of carbonyl (C=O) groups is 1. The Bertz CT molecular complexity index is 707. The highest BCUT2D eigenvalue weighted by atomic mass is 32.2. The zero-order chi connectivity index (χ0) is 22.3. The number of aliphatic hydroxyl groups is 1. The Hall–Kier alpha value is -0.980. The number of thioether (sulfide) groups is 1. The third-order valence-electron chi connectivity index (χ3n) is 6.19. The smallest absolute Gasteiger partial charge is 0.340 e. The van der Waals surface area contributed by atoms with E-state index in [1.807, 2.05) is 13.0 Å². The minimum Gasteiger partial charge on any atom is -0.465 e. The number of hydrogen-bond donors (Lipinski definition) is 1. The average molecular weight is 454 g/mol. The molecule has 6 heteroatoms. The lowest BCUT2D eigenvalue weighted by atomic mass is 9.81. The molecular weight excluding hydrogens is 414 g/mol. The molecule has 0 amide bonds. The Labute approximate surface area is 191 Å². The molecule has 1 aliphatic rings. The van der Waals surface area contributed by atoms with Crippen molar-refractivity contribution in [1.82, 2.24) is 0 Å². The molecule has 0 bridgehead atoms. The van der Waals surface area contributed by atoms with Gasteiger partial charge in [0.15, 0.2) is 0 Å². The number of hydrogen-bond acceptors (Lipinski definition) is 6. The summed E-state index contributed by atoms with van der Waals surface area (Å²) < 4.78 is 5.13. The predicted octanol–water partition coefficient (Wildman–Crippen LogP) is 6.44. The molecule has 1 heterocycles. The van der Waals surface area contributed by atoms with E-state index in [9.17, 15) is 9.90 Å². The molecule has 1 fully saturated rings. The summed E-state index contributed by atoms with van der Waals surface area (Å²) in [7, 11) is 1.43. The van der Waals surface area contributed by atoms with Crippen LogP contribution in [0.25, 0.3) is 5.57 Å². The van der Waals surface area contributed by atoms with Gasteiger partial charge in [0.25, 0.3) is 0 Å².